The van der Waals surface area contributed by atoms with Crippen LogP contribution in [0.2, 0.25) is 0 Å². The molecular formula is C15H21FN2O3. The number of carboxylic acid groups (broad SMARTS) is 1. The molecule has 1 aromatic carbocycles. The van der Waals surface area contributed by atoms with E-state index in [9.17, 15) is 9.18 Å². The standard InChI is InChI=1S/C15H21FN2O3/c1-10(2)14(15(19)20)17-11-3-4-13(12(16)9-11)18-5-7-21-8-6-18/h3-4,9-10,14,17H,5-8H2,1-2H3,(H,19,20). The van der Waals surface area contributed by atoms with E-state index in [0.717, 1.165) is 0 Å². The topological polar surface area (TPSA) is 61.8 Å². The molecule has 1 heterocycles. The van der Waals surface area contributed by atoms with Crippen LogP contribution in [-0.4, -0.2) is 43.4 Å². The molecule has 2 rings (SSSR count). The summed E-state index contributed by atoms with van der Waals surface area (Å²) in [5, 5.41) is 12.0. The Morgan fingerprint density at radius 1 is 1.38 bits per heavy atom. The number of hydrogen-bond acceptors (Lipinski definition) is 4. The maximum Gasteiger partial charge on any atom is 0.326 e. The third-order valence-electron chi connectivity index (χ3n) is 3.55. The van der Waals surface area contributed by atoms with Gasteiger partial charge in [-0.1, -0.05) is 13.8 Å². The van der Waals surface area contributed by atoms with Gasteiger partial charge < -0.3 is 20.1 Å². The molecule has 5 nitrogen and oxygen atoms in total. The number of rotatable bonds is 5. The molecule has 1 aromatic rings. The van der Waals surface area contributed by atoms with Crippen LogP contribution in [0.25, 0.3) is 0 Å². The summed E-state index contributed by atoms with van der Waals surface area (Å²) in [5.74, 6) is -1.39. The lowest BCUT2D eigenvalue weighted by molar-refractivity contribution is -0.138. The normalized spacial score (nSPS) is 16.9. The van der Waals surface area contributed by atoms with Crippen molar-refractivity contribution in [3.8, 4) is 0 Å². The Morgan fingerprint density at radius 2 is 2.05 bits per heavy atom. The van der Waals surface area contributed by atoms with Crippen LogP contribution in [0.1, 0.15) is 13.8 Å². The smallest absolute Gasteiger partial charge is 0.326 e. The SMILES string of the molecule is CC(C)C(Nc1ccc(N2CCOCC2)c(F)c1)C(=O)O. The summed E-state index contributed by atoms with van der Waals surface area (Å²) in [5.41, 5.74) is 1.01. The van der Waals surface area contributed by atoms with Crippen LogP contribution >= 0.6 is 0 Å². The number of aliphatic carboxylic acids is 1. The Kier molecular flexibility index (Phi) is 5.01. The van der Waals surface area contributed by atoms with Gasteiger partial charge in [0.05, 0.1) is 18.9 Å². The van der Waals surface area contributed by atoms with Crippen LogP contribution in [0.3, 0.4) is 0 Å². The second-order valence-corrected chi connectivity index (χ2v) is 5.47. The highest BCUT2D eigenvalue weighted by Gasteiger charge is 2.22. The number of anilines is 2. The van der Waals surface area contributed by atoms with E-state index in [1.54, 1.807) is 12.1 Å². The van der Waals surface area contributed by atoms with Crippen LogP contribution in [0.5, 0.6) is 0 Å². The third-order valence-corrected chi connectivity index (χ3v) is 3.55. The Balaban J connectivity index is 2.12. The van der Waals surface area contributed by atoms with Crippen LogP contribution in [0.15, 0.2) is 18.2 Å². The summed E-state index contributed by atoms with van der Waals surface area (Å²) in [6.07, 6.45) is 0. The van der Waals surface area contributed by atoms with Crippen molar-refractivity contribution in [3.05, 3.63) is 24.0 Å². The van der Waals surface area contributed by atoms with Gasteiger partial charge in [-0.2, -0.15) is 0 Å². The molecule has 1 saturated heterocycles. The van der Waals surface area contributed by atoms with E-state index in [1.165, 1.54) is 6.07 Å². The highest BCUT2D eigenvalue weighted by Crippen LogP contribution is 2.24. The molecule has 21 heavy (non-hydrogen) atoms. The largest absolute Gasteiger partial charge is 0.480 e. The van der Waals surface area contributed by atoms with Gasteiger partial charge in [0.1, 0.15) is 11.9 Å². The molecule has 1 aliphatic rings. The lowest BCUT2D eigenvalue weighted by Crippen LogP contribution is -2.37. The van der Waals surface area contributed by atoms with Crippen molar-refractivity contribution in [1.29, 1.82) is 0 Å². The van der Waals surface area contributed by atoms with Gasteiger partial charge in [0.15, 0.2) is 0 Å². The lowest BCUT2D eigenvalue weighted by Gasteiger charge is -2.29. The molecule has 0 spiro atoms. The van der Waals surface area contributed by atoms with E-state index in [2.05, 4.69) is 5.32 Å². The van der Waals surface area contributed by atoms with Gasteiger partial charge in [0.25, 0.3) is 0 Å². The first kappa shape index (κ1) is 15.6. The van der Waals surface area contributed by atoms with Gasteiger partial charge in [0.2, 0.25) is 0 Å². The first-order valence-electron chi connectivity index (χ1n) is 7.10. The van der Waals surface area contributed by atoms with Crippen LogP contribution in [0, 0.1) is 11.7 Å². The van der Waals surface area contributed by atoms with E-state index < -0.39 is 12.0 Å². The highest BCUT2D eigenvalue weighted by molar-refractivity contribution is 5.77. The number of carbonyl (C=O) groups is 1. The third kappa shape index (κ3) is 3.85. The van der Waals surface area contributed by atoms with Crippen molar-refractivity contribution < 1.29 is 19.0 Å². The van der Waals surface area contributed by atoms with Crippen molar-refractivity contribution in [2.24, 2.45) is 5.92 Å². The van der Waals surface area contributed by atoms with Crippen LogP contribution in [-0.2, 0) is 9.53 Å². The van der Waals surface area contributed by atoms with Gasteiger partial charge in [-0.05, 0) is 24.1 Å². The van der Waals surface area contributed by atoms with Crippen molar-refractivity contribution in [3.63, 3.8) is 0 Å². The Hall–Kier alpha value is -1.82. The van der Waals surface area contributed by atoms with Gasteiger partial charge in [-0.15, -0.1) is 0 Å². The minimum atomic E-state index is -0.942. The monoisotopic (exact) mass is 296 g/mol. The zero-order valence-corrected chi connectivity index (χ0v) is 12.3. The fraction of sp³-hybridized carbons (Fsp3) is 0.533. The molecule has 0 bridgehead atoms. The molecule has 116 valence electrons. The molecule has 0 aromatic heterocycles. The van der Waals surface area contributed by atoms with Crippen LogP contribution < -0.4 is 10.2 Å². The van der Waals surface area contributed by atoms with E-state index in [1.807, 2.05) is 18.7 Å². The van der Waals surface area contributed by atoms with E-state index in [-0.39, 0.29) is 11.7 Å². The fourth-order valence-corrected chi connectivity index (χ4v) is 2.35. The molecule has 1 fully saturated rings. The molecule has 1 aliphatic heterocycles. The van der Waals surface area contributed by atoms with Gasteiger partial charge in [0, 0.05) is 18.8 Å². The number of benzene rings is 1. The average Bonchev–Trinajstić information content (AvgIpc) is 2.45. The zero-order valence-electron chi connectivity index (χ0n) is 12.3. The molecular weight excluding hydrogens is 275 g/mol. The second kappa shape index (κ2) is 6.76. The maximum atomic E-state index is 14.2. The number of nitrogens with one attached hydrogen (secondary N) is 1. The molecule has 0 saturated carbocycles. The molecule has 1 atom stereocenters. The minimum Gasteiger partial charge on any atom is -0.480 e. The summed E-state index contributed by atoms with van der Waals surface area (Å²) < 4.78 is 19.5. The van der Waals surface area contributed by atoms with E-state index >= 15 is 0 Å². The number of hydrogen-bond donors (Lipinski definition) is 2. The maximum absolute atomic E-state index is 14.2. The van der Waals surface area contributed by atoms with Crippen molar-refractivity contribution in [2.45, 2.75) is 19.9 Å². The summed E-state index contributed by atoms with van der Waals surface area (Å²) in [6, 6.07) is 4.01. The quantitative estimate of drug-likeness (QED) is 0.872. The number of nitrogens with zero attached hydrogens (tertiary/aromatic N) is 1. The summed E-state index contributed by atoms with van der Waals surface area (Å²) >= 11 is 0. The van der Waals surface area contributed by atoms with Gasteiger partial charge in [-0.25, -0.2) is 9.18 Å². The number of morpholine rings is 1. The average molecular weight is 296 g/mol. The highest BCUT2D eigenvalue weighted by atomic mass is 19.1. The predicted octanol–water partition coefficient (Wildman–Crippen LogP) is 2.18. The van der Waals surface area contributed by atoms with E-state index in [0.29, 0.717) is 37.7 Å². The fourth-order valence-electron chi connectivity index (χ4n) is 2.35. The molecule has 0 aliphatic carbocycles. The first-order valence-corrected chi connectivity index (χ1v) is 7.10. The van der Waals surface area contributed by atoms with Gasteiger partial charge in [-0.3, -0.25) is 0 Å². The summed E-state index contributed by atoms with van der Waals surface area (Å²) in [4.78, 5) is 13.1. The van der Waals surface area contributed by atoms with Crippen molar-refractivity contribution in [1.82, 2.24) is 0 Å². The summed E-state index contributed by atoms with van der Waals surface area (Å²) in [6.45, 7) is 6.12. The van der Waals surface area contributed by atoms with E-state index in [4.69, 9.17) is 9.84 Å². The van der Waals surface area contributed by atoms with Crippen molar-refractivity contribution >= 4 is 17.3 Å². The molecule has 2 N–H and O–H groups in total. The summed E-state index contributed by atoms with van der Waals surface area (Å²) in [7, 11) is 0. The van der Waals surface area contributed by atoms with Crippen LogP contribution in [0.4, 0.5) is 15.8 Å². The Labute approximate surface area is 123 Å². The molecule has 0 amide bonds. The second-order valence-electron chi connectivity index (χ2n) is 5.47. The zero-order chi connectivity index (χ0) is 15.4. The van der Waals surface area contributed by atoms with Gasteiger partial charge >= 0.3 is 5.97 Å². The minimum absolute atomic E-state index is 0.0931. The first-order chi connectivity index (χ1) is 9.99. The lowest BCUT2D eigenvalue weighted by atomic mass is 10.0. The predicted molar refractivity (Wildman–Crippen MR) is 79.3 cm³/mol. The number of ether oxygens (including phenoxy) is 1. The molecule has 6 heteroatoms. The number of halogens is 1. The molecule has 0 radical (unpaired) electrons. The Morgan fingerprint density at radius 3 is 2.57 bits per heavy atom. The molecule has 1 unspecified atom stereocenters. The Bertz CT molecular complexity index is 502. The number of carboxylic acids is 1. The van der Waals surface area contributed by atoms with Crippen molar-refractivity contribution in [2.75, 3.05) is 36.5 Å².